The molecule has 0 amide bonds. The molecule has 1 N–H and O–H groups in total. The van der Waals surface area contributed by atoms with Crippen LogP contribution in [0.15, 0.2) is 24.3 Å². The van der Waals surface area contributed by atoms with Crippen molar-refractivity contribution in [1.29, 1.82) is 0 Å². The molecule has 1 aliphatic heterocycles. The van der Waals surface area contributed by atoms with Gasteiger partial charge in [-0.1, -0.05) is 18.2 Å². The van der Waals surface area contributed by atoms with Crippen LogP contribution < -0.4 is 10.1 Å². The highest BCUT2D eigenvalue weighted by Crippen LogP contribution is 2.27. The lowest BCUT2D eigenvalue weighted by molar-refractivity contribution is 0.191. The molecule has 1 heterocycles. The largest absolute Gasteiger partial charge is 0.496 e. The van der Waals surface area contributed by atoms with Crippen LogP contribution in [0.5, 0.6) is 5.75 Å². The Morgan fingerprint density at radius 2 is 2.14 bits per heavy atom. The van der Waals surface area contributed by atoms with Gasteiger partial charge in [-0.2, -0.15) is 0 Å². The summed E-state index contributed by atoms with van der Waals surface area (Å²) in [5.74, 6) is 0.972. The molecule has 0 spiro atoms. The monoisotopic (exact) mass is 291 g/mol. The van der Waals surface area contributed by atoms with Crippen LogP contribution in [0.1, 0.15) is 24.4 Å². The van der Waals surface area contributed by atoms with E-state index in [-0.39, 0.29) is 0 Å². The predicted molar refractivity (Wildman–Crippen MR) is 87.9 cm³/mol. The van der Waals surface area contributed by atoms with Gasteiger partial charge in [0.25, 0.3) is 0 Å². The van der Waals surface area contributed by atoms with Gasteiger partial charge in [-0.25, -0.2) is 0 Å². The highest BCUT2D eigenvalue weighted by molar-refractivity contribution is 5.36. The standard InChI is InChI=1S/C17H29N3O/c1-18-16(15-9-5-6-10-17(15)21-4)13-20-11-7-8-14(20)12-19(2)3/h5-6,9-10,14,16,18H,7-8,11-13H2,1-4H3. The van der Waals surface area contributed by atoms with Crippen LogP contribution in [0.2, 0.25) is 0 Å². The number of likely N-dealkylation sites (N-methyl/N-ethyl adjacent to an activating group) is 2. The second-order valence-electron chi connectivity index (χ2n) is 6.14. The van der Waals surface area contributed by atoms with Crippen LogP contribution in [-0.4, -0.2) is 63.7 Å². The van der Waals surface area contributed by atoms with E-state index in [1.165, 1.54) is 24.9 Å². The van der Waals surface area contributed by atoms with Gasteiger partial charge in [-0.05, 0) is 46.6 Å². The lowest BCUT2D eigenvalue weighted by Crippen LogP contribution is -2.41. The Hall–Kier alpha value is -1.10. The summed E-state index contributed by atoms with van der Waals surface area (Å²) in [4.78, 5) is 4.91. The van der Waals surface area contributed by atoms with Crippen molar-refractivity contribution >= 4 is 0 Å². The van der Waals surface area contributed by atoms with E-state index in [4.69, 9.17) is 4.74 Å². The first-order chi connectivity index (χ1) is 10.2. The van der Waals surface area contributed by atoms with E-state index in [1.54, 1.807) is 7.11 Å². The van der Waals surface area contributed by atoms with Gasteiger partial charge in [0, 0.05) is 30.7 Å². The van der Waals surface area contributed by atoms with E-state index >= 15 is 0 Å². The third kappa shape index (κ3) is 4.19. The molecule has 0 aliphatic carbocycles. The Bertz CT molecular complexity index is 436. The van der Waals surface area contributed by atoms with Gasteiger partial charge in [0.1, 0.15) is 5.75 Å². The van der Waals surface area contributed by atoms with Gasteiger partial charge in [0.05, 0.1) is 7.11 Å². The third-order valence-corrected chi connectivity index (χ3v) is 4.35. The van der Waals surface area contributed by atoms with Gasteiger partial charge >= 0.3 is 0 Å². The molecule has 1 saturated heterocycles. The molecular weight excluding hydrogens is 262 g/mol. The van der Waals surface area contributed by atoms with E-state index in [0.717, 1.165) is 18.8 Å². The summed E-state index contributed by atoms with van der Waals surface area (Å²) in [7, 11) is 8.10. The molecule has 2 unspecified atom stereocenters. The molecule has 0 bridgehead atoms. The van der Waals surface area contributed by atoms with Crippen molar-refractivity contribution in [3.63, 3.8) is 0 Å². The Morgan fingerprint density at radius 3 is 2.81 bits per heavy atom. The van der Waals surface area contributed by atoms with Gasteiger partial charge < -0.3 is 15.0 Å². The van der Waals surface area contributed by atoms with E-state index in [0.29, 0.717) is 12.1 Å². The zero-order valence-corrected chi connectivity index (χ0v) is 13.8. The Morgan fingerprint density at radius 1 is 1.38 bits per heavy atom. The minimum absolute atomic E-state index is 0.309. The second kappa shape index (κ2) is 7.78. The summed E-state index contributed by atoms with van der Waals surface area (Å²) >= 11 is 0. The molecule has 0 aromatic heterocycles. The Kier molecular flexibility index (Phi) is 6.03. The first-order valence-electron chi connectivity index (χ1n) is 7.84. The lowest BCUT2D eigenvalue weighted by atomic mass is 10.0. The maximum absolute atomic E-state index is 5.52. The zero-order valence-electron chi connectivity index (χ0n) is 13.8. The Balaban J connectivity index is 2.08. The van der Waals surface area contributed by atoms with E-state index in [2.05, 4.69) is 41.3 Å². The number of nitrogens with zero attached hydrogens (tertiary/aromatic N) is 2. The first-order valence-corrected chi connectivity index (χ1v) is 7.84. The highest BCUT2D eigenvalue weighted by Gasteiger charge is 2.27. The summed E-state index contributed by atoms with van der Waals surface area (Å²) in [5, 5.41) is 3.46. The molecule has 4 heteroatoms. The zero-order chi connectivity index (χ0) is 15.2. The van der Waals surface area contributed by atoms with E-state index in [1.807, 2.05) is 19.2 Å². The summed E-state index contributed by atoms with van der Waals surface area (Å²) < 4.78 is 5.52. The number of methoxy groups -OCH3 is 1. The molecule has 1 aliphatic rings. The van der Waals surface area contributed by atoms with Crippen molar-refractivity contribution in [2.75, 3.05) is 47.9 Å². The maximum atomic E-state index is 5.52. The molecule has 2 rings (SSSR count). The van der Waals surface area contributed by atoms with Crippen LogP contribution in [0.3, 0.4) is 0 Å². The normalized spacial score (nSPS) is 20.9. The second-order valence-corrected chi connectivity index (χ2v) is 6.14. The third-order valence-electron chi connectivity index (χ3n) is 4.35. The molecule has 1 fully saturated rings. The highest BCUT2D eigenvalue weighted by atomic mass is 16.5. The topological polar surface area (TPSA) is 27.7 Å². The van der Waals surface area contributed by atoms with Gasteiger partial charge in [0.15, 0.2) is 0 Å². The van der Waals surface area contributed by atoms with Gasteiger partial charge in [-0.3, -0.25) is 4.90 Å². The van der Waals surface area contributed by atoms with Crippen molar-refractivity contribution in [3.05, 3.63) is 29.8 Å². The Labute approximate surface area is 129 Å². The van der Waals surface area contributed by atoms with Crippen LogP contribution in [-0.2, 0) is 0 Å². The molecule has 21 heavy (non-hydrogen) atoms. The first kappa shape index (κ1) is 16.3. The molecule has 0 radical (unpaired) electrons. The molecular formula is C17H29N3O. The molecule has 1 aromatic carbocycles. The minimum atomic E-state index is 0.309. The quantitative estimate of drug-likeness (QED) is 0.831. The van der Waals surface area contributed by atoms with Crippen molar-refractivity contribution in [2.24, 2.45) is 0 Å². The number of rotatable bonds is 7. The van der Waals surface area contributed by atoms with Crippen molar-refractivity contribution in [1.82, 2.24) is 15.1 Å². The van der Waals surface area contributed by atoms with Crippen LogP contribution in [0, 0.1) is 0 Å². The summed E-state index contributed by atoms with van der Waals surface area (Å²) in [6, 6.07) is 9.30. The number of nitrogens with one attached hydrogen (secondary N) is 1. The average Bonchev–Trinajstić information content (AvgIpc) is 2.91. The smallest absolute Gasteiger partial charge is 0.123 e. The van der Waals surface area contributed by atoms with Crippen molar-refractivity contribution in [3.8, 4) is 5.75 Å². The van der Waals surface area contributed by atoms with E-state index in [9.17, 15) is 0 Å². The summed E-state index contributed by atoms with van der Waals surface area (Å²) in [5.41, 5.74) is 1.25. The van der Waals surface area contributed by atoms with Crippen molar-refractivity contribution < 1.29 is 4.74 Å². The van der Waals surface area contributed by atoms with Crippen LogP contribution in [0.25, 0.3) is 0 Å². The maximum Gasteiger partial charge on any atom is 0.123 e. The molecule has 1 aromatic rings. The number of hydrogen-bond donors (Lipinski definition) is 1. The molecule has 2 atom stereocenters. The fourth-order valence-electron chi connectivity index (χ4n) is 3.30. The molecule has 4 nitrogen and oxygen atoms in total. The lowest BCUT2D eigenvalue weighted by Gasteiger charge is -2.31. The number of ether oxygens (including phenoxy) is 1. The van der Waals surface area contributed by atoms with Gasteiger partial charge in [-0.15, -0.1) is 0 Å². The fraction of sp³-hybridized carbons (Fsp3) is 0.647. The van der Waals surface area contributed by atoms with E-state index < -0.39 is 0 Å². The summed E-state index contributed by atoms with van der Waals surface area (Å²) in [6.45, 7) is 3.38. The number of benzene rings is 1. The minimum Gasteiger partial charge on any atom is -0.496 e. The molecule has 118 valence electrons. The number of likely N-dealkylation sites (tertiary alicyclic amines) is 1. The SMILES string of the molecule is CNC(CN1CCCC1CN(C)C)c1ccccc1OC. The summed E-state index contributed by atoms with van der Waals surface area (Å²) in [6.07, 6.45) is 2.61. The average molecular weight is 291 g/mol. The molecule has 0 saturated carbocycles. The predicted octanol–water partition coefficient (Wildman–Crippen LogP) is 1.98. The number of hydrogen-bond acceptors (Lipinski definition) is 4. The number of para-hydroxylation sites is 1. The van der Waals surface area contributed by atoms with Gasteiger partial charge in [0.2, 0.25) is 0 Å². The van der Waals surface area contributed by atoms with Crippen molar-refractivity contribution in [2.45, 2.75) is 24.9 Å². The fourth-order valence-corrected chi connectivity index (χ4v) is 3.30. The van der Waals surface area contributed by atoms with Crippen LogP contribution >= 0.6 is 0 Å². The van der Waals surface area contributed by atoms with Crippen LogP contribution in [0.4, 0.5) is 0 Å².